The first kappa shape index (κ1) is 21.5. The molecule has 1 saturated heterocycles. The Kier molecular flexibility index (Phi) is 6.06. The van der Waals surface area contributed by atoms with E-state index in [1.165, 1.54) is 11.6 Å². The highest BCUT2D eigenvalue weighted by Gasteiger charge is 2.25. The molecule has 1 atom stereocenters. The minimum Gasteiger partial charge on any atom is -0.491 e. The summed E-state index contributed by atoms with van der Waals surface area (Å²) in [4.78, 5) is 32.1. The first-order valence-corrected chi connectivity index (χ1v) is 10.7. The third-order valence-electron chi connectivity index (χ3n) is 5.62. The van der Waals surface area contributed by atoms with Gasteiger partial charge in [-0.05, 0) is 43.5 Å². The zero-order valence-electron chi connectivity index (χ0n) is 17.6. The second-order valence-corrected chi connectivity index (χ2v) is 8.30. The number of aryl methyl sites for hydroxylation is 1. The second-order valence-electron chi connectivity index (χ2n) is 7.87. The van der Waals surface area contributed by atoms with Crippen molar-refractivity contribution in [3.8, 4) is 5.75 Å². The Morgan fingerprint density at radius 1 is 1.10 bits per heavy atom. The summed E-state index contributed by atoms with van der Waals surface area (Å²) in [6, 6.07) is 6.88. The SMILES string of the molecule is Cn1c(=O)c2c(nc(N3CCCCC3)n2C[C@H](O)COc2ccc(Cl)cc2)n(C)c1=O. The van der Waals surface area contributed by atoms with Gasteiger partial charge in [-0.3, -0.25) is 13.9 Å². The van der Waals surface area contributed by atoms with Crippen molar-refractivity contribution in [2.75, 3.05) is 24.6 Å². The number of aliphatic hydroxyl groups is 1. The van der Waals surface area contributed by atoms with Gasteiger partial charge in [0, 0.05) is 32.2 Å². The lowest BCUT2D eigenvalue weighted by Gasteiger charge is -2.28. The van der Waals surface area contributed by atoms with Crippen LogP contribution in [0.2, 0.25) is 5.02 Å². The molecule has 1 aliphatic rings. The van der Waals surface area contributed by atoms with E-state index in [0.29, 0.717) is 27.9 Å². The molecule has 0 amide bonds. The van der Waals surface area contributed by atoms with E-state index in [1.807, 2.05) is 0 Å². The molecule has 3 aromatic rings. The number of imidazole rings is 1. The highest BCUT2D eigenvalue weighted by molar-refractivity contribution is 6.30. The Morgan fingerprint density at radius 2 is 1.77 bits per heavy atom. The van der Waals surface area contributed by atoms with E-state index in [-0.39, 0.29) is 13.2 Å². The quantitative estimate of drug-likeness (QED) is 0.615. The number of piperidine rings is 1. The van der Waals surface area contributed by atoms with Crippen LogP contribution in [0.5, 0.6) is 5.75 Å². The van der Waals surface area contributed by atoms with E-state index < -0.39 is 17.4 Å². The summed E-state index contributed by atoms with van der Waals surface area (Å²) in [7, 11) is 3.05. The first-order chi connectivity index (χ1) is 14.9. The lowest BCUT2D eigenvalue weighted by Crippen LogP contribution is -2.38. The second kappa shape index (κ2) is 8.76. The van der Waals surface area contributed by atoms with E-state index in [1.54, 1.807) is 35.9 Å². The number of hydrogen-bond donors (Lipinski definition) is 1. The summed E-state index contributed by atoms with van der Waals surface area (Å²) in [5.41, 5.74) is -0.242. The predicted octanol–water partition coefficient (Wildman–Crippen LogP) is 1.52. The van der Waals surface area contributed by atoms with Crippen LogP contribution in [0.25, 0.3) is 11.2 Å². The molecule has 0 radical (unpaired) electrons. The Labute approximate surface area is 184 Å². The molecule has 1 aliphatic heterocycles. The molecule has 0 unspecified atom stereocenters. The van der Waals surface area contributed by atoms with Crippen LogP contribution >= 0.6 is 11.6 Å². The molecule has 166 valence electrons. The highest BCUT2D eigenvalue weighted by atomic mass is 35.5. The van der Waals surface area contributed by atoms with Crippen molar-refractivity contribution in [2.24, 2.45) is 14.1 Å². The monoisotopic (exact) mass is 447 g/mol. The van der Waals surface area contributed by atoms with Gasteiger partial charge >= 0.3 is 5.69 Å². The fourth-order valence-electron chi connectivity index (χ4n) is 3.93. The number of halogens is 1. The van der Waals surface area contributed by atoms with Gasteiger partial charge in [-0.1, -0.05) is 11.6 Å². The number of rotatable bonds is 6. The molecule has 1 aromatic carbocycles. The van der Waals surface area contributed by atoms with E-state index in [0.717, 1.165) is 36.9 Å². The molecule has 1 fully saturated rings. The topological polar surface area (TPSA) is 94.5 Å². The maximum atomic E-state index is 13.0. The Morgan fingerprint density at radius 3 is 2.45 bits per heavy atom. The number of nitrogens with zero attached hydrogens (tertiary/aromatic N) is 5. The average Bonchev–Trinajstić information content (AvgIpc) is 3.15. The van der Waals surface area contributed by atoms with Gasteiger partial charge in [-0.25, -0.2) is 4.79 Å². The molecule has 1 N–H and O–H groups in total. The fourth-order valence-corrected chi connectivity index (χ4v) is 4.06. The van der Waals surface area contributed by atoms with Crippen LogP contribution in [0.15, 0.2) is 33.9 Å². The molecule has 31 heavy (non-hydrogen) atoms. The van der Waals surface area contributed by atoms with Gasteiger partial charge in [0.15, 0.2) is 11.2 Å². The van der Waals surface area contributed by atoms with Crippen molar-refractivity contribution in [3.05, 3.63) is 50.1 Å². The minimum absolute atomic E-state index is 0.0345. The van der Waals surface area contributed by atoms with E-state index in [4.69, 9.17) is 16.3 Å². The number of fused-ring (bicyclic) bond motifs is 1. The summed E-state index contributed by atoms with van der Waals surface area (Å²) >= 11 is 5.89. The van der Waals surface area contributed by atoms with E-state index in [2.05, 4.69) is 9.88 Å². The van der Waals surface area contributed by atoms with Gasteiger partial charge in [0.25, 0.3) is 5.56 Å². The zero-order valence-corrected chi connectivity index (χ0v) is 18.4. The van der Waals surface area contributed by atoms with Gasteiger partial charge in [-0.15, -0.1) is 0 Å². The highest BCUT2D eigenvalue weighted by Crippen LogP contribution is 2.24. The lowest BCUT2D eigenvalue weighted by atomic mass is 10.1. The van der Waals surface area contributed by atoms with Gasteiger partial charge in [-0.2, -0.15) is 4.98 Å². The van der Waals surface area contributed by atoms with Crippen molar-refractivity contribution in [1.29, 1.82) is 0 Å². The largest absolute Gasteiger partial charge is 0.491 e. The lowest BCUT2D eigenvalue weighted by molar-refractivity contribution is 0.0936. The summed E-state index contributed by atoms with van der Waals surface area (Å²) in [6.07, 6.45) is 2.32. The van der Waals surface area contributed by atoms with Crippen molar-refractivity contribution >= 4 is 28.7 Å². The number of ether oxygens (including phenoxy) is 1. The van der Waals surface area contributed by atoms with Crippen molar-refractivity contribution in [1.82, 2.24) is 18.7 Å². The summed E-state index contributed by atoms with van der Waals surface area (Å²) < 4.78 is 9.83. The van der Waals surface area contributed by atoms with Crippen LogP contribution in [-0.4, -0.2) is 49.6 Å². The van der Waals surface area contributed by atoms with Crippen molar-refractivity contribution < 1.29 is 9.84 Å². The van der Waals surface area contributed by atoms with Crippen LogP contribution in [-0.2, 0) is 20.6 Å². The minimum atomic E-state index is -0.890. The molecule has 0 spiro atoms. The van der Waals surface area contributed by atoms with Crippen LogP contribution in [0.4, 0.5) is 5.95 Å². The molecule has 0 aliphatic carbocycles. The Hall–Kier alpha value is -2.78. The molecule has 10 heteroatoms. The predicted molar refractivity (Wildman–Crippen MR) is 119 cm³/mol. The molecular weight excluding hydrogens is 422 g/mol. The molecule has 4 rings (SSSR count). The maximum absolute atomic E-state index is 13.0. The number of aromatic nitrogens is 4. The fraction of sp³-hybridized carbons (Fsp3) is 0.476. The van der Waals surface area contributed by atoms with Gasteiger partial charge in [0.05, 0.1) is 6.54 Å². The van der Waals surface area contributed by atoms with Crippen LogP contribution < -0.4 is 20.9 Å². The van der Waals surface area contributed by atoms with Crippen molar-refractivity contribution in [2.45, 2.75) is 31.9 Å². The third kappa shape index (κ3) is 4.20. The number of benzene rings is 1. The standard InChI is InChI=1S/C21H26ClN5O4/c1-24-18-17(19(29)25(2)21(24)30)27(20(23-18)26-10-4-3-5-11-26)12-15(28)13-31-16-8-6-14(22)7-9-16/h6-9,15,28H,3-5,10-13H2,1-2H3/t15-/m0/s1. The summed E-state index contributed by atoms with van der Waals surface area (Å²) in [5, 5.41) is 11.3. The number of anilines is 1. The van der Waals surface area contributed by atoms with Crippen LogP contribution in [0.3, 0.4) is 0 Å². The zero-order chi connectivity index (χ0) is 22.1. The smallest absolute Gasteiger partial charge is 0.332 e. The summed E-state index contributed by atoms with van der Waals surface area (Å²) in [5.74, 6) is 1.19. The first-order valence-electron chi connectivity index (χ1n) is 10.3. The Bertz CT molecular complexity index is 1190. The molecule has 2 aromatic heterocycles. The van der Waals surface area contributed by atoms with E-state index >= 15 is 0 Å². The molecule has 9 nitrogen and oxygen atoms in total. The average molecular weight is 448 g/mol. The van der Waals surface area contributed by atoms with E-state index in [9.17, 15) is 14.7 Å². The number of hydrogen-bond acceptors (Lipinski definition) is 6. The number of aliphatic hydroxyl groups excluding tert-OH is 1. The van der Waals surface area contributed by atoms with Crippen LogP contribution in [0.1, 0.15) is 19.3 Å². The van der Waals surface area contributed by atoms with Crippen molar-refractivity contribution in [3.63, 3.8) is 0 Å². The molecule has 0 bridgehead atoms. The molecular formula is C21H26ClN5O4. The normalized spacial score (nSPS) is 15.4. The molecule has 3 heterocycles. The maximum Gasteiger partial charge on any atom is 0.332 e. The van der Waals surface area contributed by atoms with Gasteiger partial charge < -0.3 is 19.3 Å². The van der Waals surface area contributed by atoms with Gasteiger partial charge in [0.1, 0.15) is 18.5 Å². The summed E-state index contributed by atoms with van der Waals surface area (Å²) in [6.45, 7) is 1.78. The Balaban J connectivity index is 1.69. The van der Waals surface area contributed by atoms with Gasteiger partial charge in [0.2, 0.25) is 5.95 Å². The third-order valence-corrected chi connectivity index (χ3v) is 5.87. The van der Waals surface area contributed by atoms with Crippen LogP contribution in [0, 0.1) is 0 Å². The molecule has 0 saturated carbocycles.